The first-order valence-electron chi connectivity index (χ1n) is 9.33. The van der Waals surface area contributed by atoms with Gasteiger partial charge in [0.1, 0.15) is 0 Å². The standard InChI is InChI=1S/C23H21ClN2O2/c1-28-22-13-12-18(15-25-22)16-8-10-17(11-9-16)23(27)26-14-4-7-21(26)19-5-2-3-6-20(19)24/h2-3,5-6,8-13,15,21H,4,7,14H2,1H3/t21-/m1/s1. The molecule has 0 aliphatic carbocycles. The number of aromatic nitrogens is 1. The summed E-state index contributed by atoms with van der Waals surface area (Å²) in [7, 11) is 1.59. The van der Waals surface area contributed by atoms with Crippen molar-refractivity contribution in [2.24, 2.45) is 0 Å². The minimum absolute atomic E-state index is 0.0339. The second kappa shape index (κ2) is 8.03. The fourth-order valence-corrected chi connectivity index (χ4v) is 3.98. The van der Waals surface area contributed by atoms with E-state index in [0.717, 1.165) is 41.1 Å². The lowest BCUT2D eigenvalue weighted by Crippen LogP contribution is -2.30. The van der Waals surface area contributed by atoms with Gasteiger partial charge in [0.2, 0.25) is 5.88 Å². The van der Waals surface area contributed by atoms with Crippen LogP contribution >= 0.6 is 11.6 Å². The van der Waals surface area contributed by atoms with Crippen molar-refractivity contribution in [2.45, 2.75) is 18.9 Å². The number of likely N-dealkylation sites (tertiary alicyclic amines) is 1. The van der Waals surface area contributed by atoms with E-state index in [9.17, 15) is 4.79 Å². The fraction of sp³-hybridized carbons (Fsp3) is 0.217. The first-order valence-corrected chi connectivity index (χ1v) is 9.71. The number of rotatable bonds is 4. The fourth-order valence-electron chi connectivity index (χ4n) is 3.72. The molecule has 1 aliphatic rings. The van der Waals surface area contributed by atoms with Crippen LogP contribution in [-0.4, -0.2) is 29.4 Å². The summed E-state index contributed by atoms with van der Waals surface area (Å²) in [5, 5.41) is 0.717. The van der Waals surface area contributed by atoms with E-state index in [2.05, 4.69) is 4.98 Å². The van der Waals surface area contributed by atoms with E-state index in [-0.39, 0.29) is 11.9 Å². The molecule has 28 heavy (non-hydrogen) atoms. The molecule has 3 aromatic rings. The highest BCUT2D eigenvalue weighted by molar-refractivity contribution is 6.31. The van der Waals surface area contributed by atoms with Gasteiger partial charge >= 0.3 is 0 Å². The highest BCUT2D eigenvalue weighted by Crippen LogP contribution is 2.36. The van der Waals surface area contributed by atoms with Crippen molar-refractivity contribution >= 4 is 17.5 Å². The van der Waals surface area contributed by atoms with E-state index < -0.39 is 0 Å². The second-order valence-corrected chi connectivity index (χ2v) is 7.25. The summed E-state index contributed by atoms with van der Waals surface area (Å²) in [6.07, 6.45) is 3.69. The minimum atomic E-state index is 0.0339. The van der Waals surface area contributed by atoms with Crippen molar-refractivity contribution in [3.63, 3.8) is 0 Å². The number of ether oxygens (including phenoxy) is 1. The summed E-state index contributed by atoms with van der Waals surface area (Å²) >= 11 is 6.38. The lowest BCUT2D eigenvalue weighted by atomic mass is 10.0. The summed E-state index contributed by atoms with van der Waals surface area (Å²) in [4.78, 5) is 19.3. The Labute approximate surface area is 169 Å². The lowest BCUT2D eigenvalue weighted by molar-refractivity contribution is 0.0736. The molecule has 4 rings (SSSR count). The SMILES string of the molecule is COc1ccc(-c2ccc(C(=O)N3CCC[C@@H]3c3ccccc3Cl)cc2)cn1. The number of amides is 1. The van der Waals surface area contributed by atoms with Gasteiger partial charge in [-0.3, -0.25) is 4.79 Å². The highest BCUT2D eigenvalue weighted by Gasteiger charge is 2.31. The Kier molecular flexibility index (Phi) is 5.31. The summed E-state index contributed by atoms with van der Waals surface area (Å²) in [5.74, 6) is 0.622. The van der Waals surface area contributed by atoms with Crippen LogP contribution in [0.3, 0.4) is 0 Å². The summed E-state index contributed by atoms with van der Waals surface area (Å²) in [5.41, 5.74) is 3.70. The van der Waals surface area contributed by atoms with Gasteiger partial charge in [0.05, 0.1) is 13.2 Å². The predicted octanol–water partition coefficient (Wildman–Crippen LogP) is 5.39. The summed E-state index contributed by atoms with van der Waals surface area (Å²) < 4.78 is 5.10. The van der Waals surface area contributed by atoms with Crippen LogP contribution in [0.25, 0.3) is 11.1 Å². The molecule has 0 N–H and O–H groups in total. The van der Waals surface area contributed by atoms with Gasteiger partial charge in [-0.05, 0) is 48.2 Å². The van der Waals surface area contributed by atoms with E-state index >= 15 is 0 Å². The maximum Gasteiger partial charge on any atom is 0.254 e. The molecule has 2 heterocycles. The van der Waals surface area contributed by atoms with Gasteiger partial charge in [-0.2, -0.15) is 0 Å². The molecule has 0 radical (unpaired) electrons. The van der Waals surface area contributed by atoms with E-state index in [1.165, 1.54) is 0 Å². The van der Waals surface area contributed by atoms with Crippen molar-refractivity contribution in [3.8, 4) is 17.0 Å². The monoisotopic (exact) mass is 392 g/mol. The molecule has 1 fully saturated rings. The van der Waals surface area contributed by atoms with Gasteiger partial charge in [-0.25, -0.2) is 4.98 Å². The third kappa shape index (κ3) is 3.60. The van der Waals surface area contributed by atoms with Crippen LogP contribution in [0.1, 0.15) is 34.8 Å². The first-order chi connectivity index (χ1) is 13.7. The van der Waals surface area contributed by atoms with Crippen LogP contribution in [-0.2, 0) is 0 Å². The normalized spacial score (nSPS) is 16.2. The molecule has 1 amide bonds. The van der Waals surface area contributed by atoms with E-state index in [1.54, 1.807) is 13.3 Å². The topological polar surface area (TPSA) is 42.4 Å². The van der Waals surface area contributed by atoms with Crippen LogP contribution in [0.15, 0.2) is 66.9 Å². The molecular weight excluding hydrogens is 372 g/mol. The number of pyridine rings is 1. The number of hydrogen-bond donors (Lipinski definition) is 0. The molecule has 4 nitrogen and oxygen atoms in total. The van der Waals surface area contributed by atoms with Crippen molar-refractivity contribution in [2.75, 3.05) is 13.7 Å². The van der Waals surface area contributed by atoms with Crippen LogP contribution in [0.2, 0.25) is 5.02 Å². The van der Waals surface area contributed by atoms with Crippen LogP contribution in [0.5, 0.6) is 5.88 Å². The molecule has 1 aromatic heterocycles. The van der Waals surface area contributed by atoms with Crippen LogP contribution in [0.4, 0.5) is 0 Å². The molecule has 5 heteroatoms. The zero-order chi connectivity index (χ0) is 19.5. The smallest absolute Gasteiger partial charge is 0.254 e. The van der Waals surface area contributed by atoms with Crippen LogP contribution in [0, 0.1) is 0 Å². The molecule has 1 atom stereocenters. The van der Waals surface area contributed by atoms with E-state index in [4.69, 9.17) is 16.3 Å². The maximum atomic E-state index is 13.1. The molecule has 0 saturated carbocycles. The summed E-state index contributed by atoms with van der Waals surface area (Å²) in [6.45, 7) is 0.749. The minimum Gasteiger partial charge on any atom is -0.481 e. The Morgan fingerprint density at radius 2 is 1.82 bits per heavy atom. The molecule has 0 spiro atoms. The van der Waals surface area contributed by atoms with Gasteiger partial charge < -0.3 is 9.64 Å². The quantitative estimate of drug-likeness (QED) is 0.598. The molecule has 1 aliphatic heterocycles. The summed E-state index contributed by atoms with van der Waals surface area (Å²) in [6, 6.07) is 19.3. The number of halogens is 1. The van der Waals surface area contributed by atoms with Crippen molar-refractivity contribution in [1.82, 2.24) is 9.88 Å². The van der Waals surface area contributed by atoms with Gasteiger partial charge in [-0.15, -0.1) is 0 Å². The molecule has 2 aromatic carbocycles. The average molecular weight is 393 g/mol. The maximum absolute atomic E-state index is 13.1. The zero-order valence-electron chi connectivity index (χ0n) is 15.6. The van der Waals surface area contributed by atoms with Gasteiger partial charge in [0.15, 0.2) is 0 Å². The predicted molar refractivity (Wildman–Crippen MR) is 111 cm³/mol. The van der Waals surface area contributed by atoms with Crippen molar-refractivity contribution in [1.29, 1.82) is 0 Å². The second-order valence-electron chi connectivity index (χ2n) is 6.84. The largest absolute Gasteiger partial charge is 0.481 e. The Morgan fingerprint density at radius 3 is 2.50 bits per heavy atom. The lowest BCUT2D eigenvalue weighted by Gasteiger charge is -2.26. The van der Waals surface area contributed by atoms with Gasteiger partial charge in [-0.1, -0.05) is 41.9 Å². The van der Waals surface area contributed by atoms with Crippen LogP contribution < -0.4 is 4.74 Å². The Bertz CT molecular complexity index is 971. The third-order valence-electron chi connectivity index (χ3n) is 5.19. The molecule has 0 bridgehead atoms. The van der Waals surface area contributed by atoms with E-state index in [1.807, 2.05) is 65.6 Å². The molecule has 0 unspecified atom stereocenters. The van der Waals surface area contributed by atoms with Crippen molar-refractivity contribution < 1.29 is 9.53 Å². The Balaban J connectivity index is 1.55. The zero-order valence-corrected chi connectivity index (χ0v) is 16.4. The van der Waals surface area contributed by atoms with Crippen molar-refractivity contribution in [3.05, 3.63) is 83.0 Å². The molecule has 142 valence electrons. The number of methoxy groups -OCH3 is 1. The average Bonchev–Trinajstić information content (AvgIpc) is 3.23. The van der Waals surface area contributed by atoms with E-state index in [0.29, 0.717) is 11.4 Å². The van der Waals surface area contributed by atoms with Gasteiger partial charge in [0, 0.05) is 35.0 Å². The number of nitrogens with zero attached hydrogens (tertiary/aromatic N) is 2. The number of carbonyl (C=O) groups is 1. The third-order valence-corrected chi connectivity index (χ3v) is 5.53. The Hall–Kier alpha value is -2.85. The molecule has 1 saturated heterocycles. The highest BCUT2D eigenvalue weighted by atomic mass is 35.5. The first kappa shape index (κ1) is 18.5. The molecular formula is C23H21ClN2O2. The number of benzene rings is 2. The van der Waals surface area contributed by atoms with Gasteiger partial charge in [0.25, 0.3) is 5.91 Å². The Morgan fingerprint density at radius 1 is 1.07 bits per heavy atom. The number of hydrogen-bond acceptors (Lipinski definition) is 3. The number of carbonyl (C=O) groups excluding carboxylic acids is 1.